The van der Waals surface area contributed by atoms with Crippen molar-refractivity contribution in [2.24, 2.45) is 11.7 Å². The summed E-state index contributed by atoms with van der Waals surface area (Å²) in [7, 11) is 1.81. The summed E-state index contributed by atoms with van der Waals surface area (Å²) in [6.45, 7) is 4.26. The highest BCUT2D eigenvalue weighted by molar-refractivity contribution is 8.03. The van der Waals surface area contributed by atoms with E-state index in [1.165, 1.54) is 11.8 Å². The van der Waals surface area contributed by atoms with Crippen LogP contribution in [0.4, 0.5) is 0 Å². The van der Waals surface area contributed by atoms with Crippen molar-refractivity contribution in [3.63, 3.8) is 0 Å². The number of carbonyl (C=O) groups is 2. The third kappa shape index (κ3) is 4.86. The molecule has 3 aliphatic heterocycles. The van der Waals surface area contributed by atoms with Gasteiger partial charge in [0.1, 0.15) is 0 Å². The Balaban J connectivity index is 1.39. The Morgan fingerprint density at radius 3 is 2.64 bits per heavy atom. The molecule has 5 rings (SSSR count). The molecular weight excluding hydrogens is 468 g/mol. The highest BCUT2D eigenvalue weighted by atomic mass is 32.2. The fourth-order valence-corrected chi connectivity index (χ4v) is 7.23. The molecule has 0 aromatic heterocycles. The van der Waals surface area contributed by atoms with Gasteiger partial charge in [0.2, 0.25) is 5.91 Å². The lowest BCUT2D eigenvalue weighted by Crippen LogP contribution is -2.68. The zero-order valence-corrected chi connectivity index (χ0v) is 22.2. The number of Topliss-reactive ketones (excluding diaryl/α,β-unsaturated/α-hetero) is 1. The van der Waals surface area contributed by atoms with Gasteiger partial charge in [-0.2, -0.15) is 0 Å². The number of hydrazine groups is 1. The molecule has 7 heteroatoms. The van der Waals surface area contributed by atoms with Gasteiger partial charge in [-0.15, -0.1) is 11.8 Å². The maximum absolute atomic E-state index is 14.0. The number of nitrogens with zero attached hydrogens (tertiary/aromatic N) is 2. The minimum atomic E-state index is -1.27. The Hall–Kier alpha value is -2.19. The van der Waals surface area contributed by atoms with Crippen molar-refractivity contribution in [3.05, 3.63) is 59.5 Å². The normalized spacial score (nSPS) is 27.5. The van der Waals surface area contributed by atoms with Crippen LogP contribution in [0.25, 0.3) is 10.8 Å². The Morgan fingerprint density at radius 1 is 1.19 bits per heavy atom. The van der Waals surface area contributed by atoms with Crippen LogP contribution in [-0.4, -0.2) is 64.7 Å². The number of hydrogen-bond donors (Lipinski definition) is 2. The zero-order valence-electron chi connectivity index (χ0n) is 21.4. The first-order valence-electron chi connectivity index (χ1n) is 13.2. The molecule has 2 saturated heterocycles. The average molecular weight is 507 g/mol. The summed E-state index contributed by atoms with van der Waals surface area (Å²) in [6.07, 6.45) is 7.65. The maximum atomic E-state index is 14.0. The lowest BCUT2D eigenvalue weighted by atomic mass is 9.71. The van der Waals surface area contributed by atoms with E-state index in [2.05, 4.69) is 52.1 Å². The first kappa shape index (κ1) is 25.5. The Morgan fingerprint density at radius 2 is 1.94 bits per heavy atom. The van der Waals surface area contributed by atoms with Gasteiger partial charge in [0.15, 0.2) is 5.78 Å². The van der Waals surface area contributed by atoms with Gasteiger partial charge in [-0.3, -0.25) is 14.6 Å². The minimum absolute atomic E-state index is 0.00827. The van der Waals surface area contributed by atoms with Gasteiger partial charge in [0, 0.05) is 17.8 Å². The zero-order chi connectivity index (χ0) is 25.3. The van der Waals surface area contributed by atoms with Crippen LogP contribution in [0.5, 0.6) is 0 Å². The number of likely N-dealkylation sites (N-methyl/N-ethyl adjacent to an activating group) is 1. The second-order valence-electron chi connectivity index (χ2n) is 10.9. The van der Waals surface area contributed by atoms with Crippen molar-refractivity contribution in [1.82, 2.24) is 15.3 Å². The van der Waals surface area contributed by atoms with Crippen molar-refractivity contribution in [3.8, 4) is 0 Å². The molecule has 2 aromatic rings. The number of benzene rings is 2. The molecule has 2 aromatic carbocycles. The van der Waals surface area contributed by atoms with E-state index in [1.807, 2.05) is 17.1 Å². The van der Waals surface area contributed by atoms with E-state index in [1.54, 1.807) is 25.7 Å². The number of nitrogens with one attached hydrogen (secondary N) is 1. The third-order valence-electron chi connectivity index (χ3n) is 8.32. The molecule has 36 heavy (non-hydrogen) atoms. The van der Waals surface area contributed by atoms with Crippen LogP contribution >= 0.6 is 11.8 Å². The standard InChI is InChI=1S/C29H38N4O2S/c1-28(30,26(34)25(31-2)18-21-11-12-22-9-4-5-10-23(22)17-21)24-19-29(13-8-16-36-29)20-33(27(24)35)32-14-6-3-7-15-32/h4-5,8-12,16-17,24-25,31H,3,6-7,13-15,18-20,30H2,1-2H3/t24-,25-,28?,29?/m1/s1. The molecule has 6 nitrogen and oxygen atoms in total. The summed E-state index contributed by atoms with van der Waals surface area (Å²) in [6, 6.07) is 14.1. The SMILES string of the molecule is CN[C@H](Cc1ccc2ccccc2c1)C(=O)C(C)(N)[C@@H]1CC2(CC=CS2)CN(N2CCCCC2)C1=O. The largest absolute Gasteiger partial charge is 0.318 e. The smallest absolute Gasteiger partial charge is 0.242 e. The van der Waals surface area contributed by atoms with E-state index in [-0.39, 0.29) is 16.4 Å². The summed E-state index contributed by atoms with van der Waals surface area (Å²) in [5.74, 6) is -0.641. The molecule has 0 saturated carbocycles. The number of carbonyl (C=O) groups excluding carboxylic acids is 2. The summed E-state index contributed by atoms with van der Waals surface area (Å²) in [5.41, 5.74) is 6.71. The number of ketones is 1. The predicted molar refractivity (Wildman–Crippen MR) is 147 cm³/mol. The Kier molecular flexibility index (Phi) is 7.27. The van der Waals surface area contributed by atoms with E-state index in [0.717, 1.165) is 43.3 Å². The van der Waals surface area contributed by atoms with Gasteiger partial charge in [0.05, 0.1) is 24.0 Å². The van der Waals surface area contributed by atoms with Crippen LogP contribution < -0.4 is 11.1 Å². The molecule has 0 radical (unpaired) electrons. The van der Waals surface area contributed by atoms with Crippen molar-refractivity contribution in [2.75, 3.05) is 26.7 Å². The number of rotatable bonds is 7. The number of allylic oxidation sites excluding steroid dienone is 1. The van der Waals surface area contributed by atoms with Crippen LogP contribution in [0.3, 0.4) is 0 Å². The number of piperidine rings is 2. The van der Waals surface area contributed by atoms with Crippen LogP contribution in [0.1, 0.15) is 44.6 Å². The third-order valence-corrected chi connectivity index (χ3v) is 9.61. The first-order valence-corrected chi connectivity index (χ1v) is 14.1. The molecule has 3 aliphatic rings. The van der Waals surface area contributed by atoms with E-state index in [0.29, 0.717) is 19.4 Å². The molecule has 1 spiro atoms. The van der Waals surface area contributed by atoms with Gasteiger partial charge in [-0.05, 0) is 67.8 Å². The summed E-state index contributed by atoms with van der Waals surface area (Å²) >= 11 is 1.80. The quantitative estimate of drug-likeness (QED) is 0.593. The second kappa shape index (κ2) is 10.3. The number of thioether (sulfide) groups is 1. The molecule has 4 atom stereocenters. The summed E-state index contributed by atoms with van der Waals surface area (Å²) < 4.78 is -0.107. The topological polar surface area (TPSA) is 78.7 Å². The van der Waals surface area contributed by atoms with Gasteiger partial charge in [-0.25, -0.2) is 5.01 Å². The average Bonchev–Trinajstić information content (AvgIpc) is 3.36. The highest BCUT2D eigenvalue weighted by Crippen LogP contribution is 2.47. The molecule has 3 N–H and O–H groups in total. The van der Waals surface area contributed by atoms with Crippen LogP contribution in [0.15, 0.2) is 53.9 Å². The molecule has 192 valence electrons. The molecule has 0 aliphatic carbocycles. The first-order chi connectivity index (χ1) is 17.3. The van der Waals surface area contributed by atoms with E-state index < -0.39 is 17.5 Å². The summed E-state index contributed by atoms with van der Waals surface area (Å²) in [4.78, 5) is 27.9. The number of amides is 1. The van der Waals surface area contributed by atoms with E-state index >= 15 is 0 Å². The van der Waals surface area contributed by atoms with E-state index in [4.69, 9.17) is 5.73 Å². The van der Waals surface area contributed by atoms with Gasteiger partial charge in [-0.1, -0.05) is 55.0 Å². The molecule has 2 unspecified atom stereocenters. The van der Waals surface area contributed by atoms with Crippen LogP contribution in [0, 0.1) is 5.92 Å². The molecule has 3 heterocycles. The minimum Gasteiger partial charge on any atom is -0.318 e. The fraction of sp³-hybridized carbons (Fsp3) is 0.517. The van der Waals surface area contributed by atoms with Crippen molar-refractivity contribution in [2.45, 2.75) is 61.8 Å². The predicted octanol–water partition coefficient (Wildman–Crippen LogP) is 3.90. The molecule has 2 fully saturated rings. The van der Waals surface area contributed by atoms with Crippen molar-refractivity contribution < 1.29 is 9.59 Å². The fourth-order valence-electron chi connectivity index (χ4n) is 6.09. The molecular formula is C29H38N4O2S. The number of hydrogen-bond acceptors (Lipinski definition) is 6. The van der Waals surface area contributed by atoms with Crippen LogP contribution in [-0.2, 0) is 16.0 Å². The van der Waals surface area contributed by atoms with Crippen molar-refractivity contribution in [1.29, 1.82) is 0 Å². The van der Waals surface area contributed by atoms with Gasteiger partial charge in [0.25, 0.3) is 0 Å². The van der Waals surface area contributed by atoms with Crippen molar-refractivity contribution >= 4 is 34.2 Å². The number of fused-ring (bicyclic) bond motifs is 1. The molecule has 1 amide bonds. The molecule has 0 bridgehead atoms. The highest BCUT2D eigenvalue weighted by Gasteiger charge is 2.54. The van der Waals surface area contributed by atoms with Gasteiger partial charge < -0.3 is 11.1 Å². The summed E-state index contributed by atoms with van der Waals surface area (Å²) in [5, 5.41) is 11.8. The second-order valence-corrected chi connectivity index (χ2v) is 12.3. The monoisotopic (exact) mass is 506 g/mol. The Bertz CT molecular complexity index is 1150. The number of nitrogens with two attached hydrogens (primary N) is 1. The van der Waals surface area contributed by atoms with Gasteiger partial charge >= 0.3 is 0 Å². The van der Waals surface area contributed by atoms with Crippen LogP contribution in [0.2, 0.25) is 0 Å². The maximum Gasteiger partial charge on any atom is 0.242 e. The lowest BCUT2D eigenvalue weighted by Gasteiger charge is -2.51. The Labute approximate surface area is 218 Å². The lowest BCUT2D eigenvalue weighted by molar-refractivity contribution is -0.167. The van der Waals surface area contributed by atoms with E-state index in [9.17, 15) is 9.59 Å².